The van der Waals surface area contributed by atoms with E-state index in [1.807, 2.05) is 109 Å². The number of carbonyl (C=O) groups is 1. The number of ether oxygens (including phenoxy) is 1. The summed E-state index contributed by atoms with van der Waals surface area (Å²) in [5, 5.41) is 2.82. The summed E-state index contributed by atoms with van der Waals surface area (Å²) in [5.74, 6) is 1.35. The van der Waals surface area contributed by atoms with Gasteiger partial charge in [-0.05, 0) is 71.8 Å². The third kappa shape index (κ3) is 5.87. The third-order valence-electron chi connectivity index (χ3n) is 6.69. The first-order valence-corrected chi connectivity index (χ1v) is 13.3. The molecule has 0 fully saturated rings. The van der Waals surface area contributed by atoms with Gasteiger partial charge in [-0.3, -0.25) is 9.36 Å². The van der Waals surface area contributed by atoms with Crippen LogP contribution in [0.4, 0.5) is 11.4 Å². The number of hydrogen-bond donors (Lipinski definition) is 2. The number of aromatic nitrogens is 2. The number of nitrogen functional groups attached to an aromatic ring is 1. The summed E-state index contributed by atoms with van der Waals surface area (Å²) in [7, 11) is 0. The number of para-hydroxylation sites is 4. The highest BCUT2D eigenvalue weighted by Gasteiger charge is 2.14. The summed E-state index contributed by atoms with van der Waals surface area (Å²) >= 11 is 0. The maximum atomic E-state index is 12.5. The molecular formula is C35H28N4O2. The number of nitrogens with two attached hydrogens (primary N) is 1. The Bertz CT molecular complexity index is 1840. The average Bonchev–Trinajstić information content (AvgIpc) is 3.41. The molecule has 41 heavy (non-hydrogen) atoms. The highest BCUT2D eigenvalue weighted by molar-refractivity contribution is 6.03. The molecule has 0 saturated carbocycles. The van der Waals surface area contributed by atoms with E-state index in [2.05, 4.69) is 16.0 Å². The maximum Gasteiger partial charge on any atom is 0.248 e. The molecule has 6 heteroatoms. The zero-order valence-electron chi connectivity index (χ0n) is 22.3. The molecule has 200 valence electrons. The van der Waals surface area contributed by atoms with E-state index in [0.29, 0.717) is 18.0 Å². The van der Waals surface area contributed by atoms with E-state index in [1.165, 1.54) is 6.08 Å². The molecule has 0 bridgehead atoms. The summed E-state index contributed by atoms with van der Waals surface area (Å²) in [6.45, 7) is 0.510. The van der Waals surface area contributed by atoms with E-state index in [9.17, 15) is 4.79 Å². The first kappa shape index (κ1) is 25.6. The van der Waals surface area contributed by atoms with Crippen LogP contribution in [0.25, 0.3) is 34.2 Å². The minimum atomic E-state index is -0.255. The number of fused-ring (bicyclic) bond motifs is 1. The van der Waals surface area contributed by atoms with Crippen molar-refractivity contribution in [3.63, 3.8) is 0 Å². The van der Waals surface area contributed by atoms with Crippen molar-refractivity contribution in [3.05, 3.63) is 145 Å². The SMILES string of the molecule is Nc1ccccc1NC(=O)/C=C/c1cccc(-c2nc3ccccc3n2-c2ccc(OCc3ccccc3)cc2)c1. The largest absolute Gasteiger partial charge is 0.489 e. The van der Waals surface area contributed by atoms with E-state index in [-0.39, 0.29) is 5.91 Å². The molecule has 0 aliphatic carbocycles. The second-order valence-electron chi connectivity index (χ2n) is 9.56. The lowest BCUT2D eigenvalue weighted by Gasteiger charge is -2.12. The van der Waals surface area contributed by atoms with Gasteiger partial charge < -0.3 is 15.8 Å². The Morgan fingerprint density at radius 3 is 2.41 bits per heavy atom. The molecule has 0 spiro atoms. The standard InChI is InChI=1S/C35H28N4O2/c36-30-13-4-5-14-31(30)37-34(40)22-17-25-11-8-12-27(23-25)35-38-32-15-6-7-16-33(32)39(35)28-18-20-29(21-19-28)41-24-26-9-2-1-3-10-26/h1-23H,24,36H2,(H,37,40)/b22-17+. The molecule has 1 amide bonds. The Hall–Kier alpha value is -5.62. The Kier molecular flexibility index (Phi) is 7.28. The molecule has 0 aliphatic heterocycles. The molecule has 0 saturated heterocycles. The van der Waals surface area contributed by atoms with E-state index in [4.69, 9.17) is 15.5 Å². The summed E-state index contributed by atoms with van der Waals surface area (Å²) in [5.41, 5.74) is 12.8. The lowest BCUT2D eigenvalue weighted by Crippen LogP contribution is -2.09. The van der Waals surface area contributed by atoms with E-state index in [1.54, 1.807) is 18.2 Å². The molecule has 6 aromatic rings. The number of imidazole rings is 1. The van der Waals surface area contributed by atoms with Crippen molar-refractivity contribution in [3.8, 4) is 22.8 Å². The number of benzene rings is 5. The average molecular weight is 537 g/mol. The Balaban J connectivity index is 1.27. The van der Waals surface area contributed by atoms with Crippen molar-refractivity contribution in [1.29, 1.82) is 0 Å². The summed E-state index contributed by atoms with van der Waals surface area (Å²) in [6, 6.07) is 41.4. The molecule has 6 nitrogen and oxygen atoms in total. The Labute approximate surface area is 238 Å². The smallest absolute Gasteiger partial charge is 0.248 e. The van der Waals surface area contributed by atoms with Gasteiger partial charge in [0.05, 0.1) is 22.4 Å². The van der Waals surface area contributed by atoms with Crippen molar-refractivity contribution in [2.75, 3.05) is 11.1 Å². The van der Waals surface area contributed by atoms with Gasteiger partial charge in [-0.2, -0.15) is 0 Å². The Morgan fingerprint density at radius 2 is 1.59 bits per heavy atom. The Morgan fingerprint density at radius 1 is 0.829 bits per heavy atom. The van der Waals surface area contributed by atoms with Crippen LogP contribution < -0.4 is 15.8 Å². The van der Waals surface area contributed by atoms with Crippen LogP contribution in [-0.4, -0.2) is 15.5 Å². The maximum absolute atomic E-state index is 12.5. The first-order chi connectivity index (χ1) is 20.1. The monoisotopic (exact) mass is 536 g/mol. The molecule has 1 heterocycles. The summed E-state index contributed by atoms with van der Waals surface area (Å²) in [6.07, 6.45) is 3.28. The minimum absolute atomic E-state index is 0.255. The summed E-state index contributed by atoms with van der Waals surface area (Å²) < 4.78 is 8.14. The third-order valence-corrected chi connectivity index (χ3v) is 6.69. The molecule has 0 atom stereocenters. The van der Waals surface area contributed by atoms with E-state index >= 15 is 0 Å². The number of hydrogen-bond acceptors (Lipinski definition) is 4. The molecule has 0 radical (unpaired) electrons. The predicted molar refractivity (Wildman–Crippen MR) is 166 cm³/mol. The predicted octanol–water partition coefficient (Wildman–Crippen LogP) is 7.51. The van der Waals surface area contributed by atoms with Crippen LogP contribution in [0.15, 0.2) is 133 Å². The van der Waals surface area contributed by atoms with Crippen molar-refractivity contribution >= 4 is 34.4 Å². The van der Waals surface area contributed by atoms with Crippen molar-refractivity contribution in [2.45, 2.75) is 6.61 Å². The number of amides is 1. The van der Waals surface area contributed by atoms with Gasteiger partial charge in [-0.15, -0.1) is 0 Å². The van der Waals surface area contributed by atoms with Crippen LogP contribution >= 0.6 is 0 Å². The minimum Gasteiger partial charge on any atom is -0.489 e. The molecule has 1 aromatic heterocycles. The normalized spacial score (nSPS) is 11.1. The van der Waals surface area contributed by atoms with Crippen molar-refractivity contribution in [1.82, 2.24) is 9.55 Å². The van der Waals surface area contributed by atoms with E-state index < -0.39 is 0 Å². The van der Waals surface area contributed by atoms with Gasteiger partial charge in [-0.25, -0.2) is 4.98 Å². The lowest BCUT2D eigenvalue weighted by molar-refractivity contribution is -0.111. The fraction of sp³-hybridized carbons (Fsp3) is 0.0286. The van der Waals surface area contributed by atoms with Crippen LogP contribution in [0.1, 0.15) is 11.1 Å². The fourth-order valence-corrected chi connectivity index (χ4v) is 4.65. The second-order valence-corrected chi connectivity index (χ2v) is 9.56. The topological polar surface area (TPSA) is 82.2 Å². The van der Waals surface area contributed by atoms with Crippen molar-refractivity contribution < 1.29 is 9.53 Å². The van der Waals surface area contributed by atoms with E-state index in [0.717, 1.165) is 45.0 Å². The van der Waals surface area contributed by atoms with Crippen LogP contribution in [-0.2, 0) is 11.4 Å². The lowest BCUT2D eigenvalue weighted by atomic mass is 10.1. The van der Waals surface area contributed by atoms with Crippen LogP contribution in [0, 0.1) is 0 Å². The zero-order valence-corrected chi connectivity index (χ0v) is 22.3. The highest BCUT2D eigenvalue weighted by Crippen LogP contribution is 2.30. The molecule has 0 unspecified atom stereocenters. The number of nitrogens with zero attached hydrogens (tertiary/aromatic N) is 2. The molecule has 3 N–H and O–H groups in total. The van der Waals surface area contributed by atoms with Gasteiger partial charge in [-0.1, -0.05) is 72.8 Å². The zero-order chi connectivity index (χ0) is 28.0. The molecule has 6 rings (SSSR count). The van der Waals surface area contributed by atoms with Gasteiger partial charge >= 0.3 is 0 Å². The fourth-order valence-electron chi connectivity index (χ4n) is 4.65. The highest BCUT2D eigenvalue weighted by atomic mass is 16.5. The van der Waals surface area contributed by atoms with Crippen LogP contribution in [0.5, 0.6) is 5.75 Å². The number of carbonyl (C=O) groups excluding carboxylic acids is 1. The summed E-state index contributed by atoms with van der Waals surface area (Å²) in [4.78, 5) is 17.5. The number of anilines is 2. The van der Waals surface area contributed by atoms with Crippen molar-refractivity contribution in [2.24, 2.45) is 0 Å². The van der Waals surface area contributed by atoms with Gasteiger partial charge in [0.25, 0.3) is 0 Å². The van der Waals surface area contributed by atoms with Crippen LogP contribution in [0.3, 0.4) is 0 Å². The first-order valence-electron chi connectivity index (χ1n) is 13.3. The number of rotatable bonds is 8. The quantitative estimate of drug-likeness (QED) is 0.156. The van der Waals surface area contributed by atoms with Gasteiger partial charge in [0.2, 0.25) is 5.91 Å². The van der Waals surface area contributed by atoms with Crippen LogP contribution in [0.2, 0.25) is 0 Å². The molecular weight excluding hydrogens is 508 g/mol. The number of nitrogens with one attached hydrogen (secondary N) is 1. The molecule has 5 aromatic carbocycles. The second kappa shape index (κ2) is 11.6. The van der Waals surface area contributed by atoms with Gasteiger partial charge in [0, 0.05) is 17.3 Å². The van der Waals surface area contributed by atoms with Gasteiger partial charge in [0.1, 0.15) is 18.2 Å². The molecule has 0 aliphatic rings. The van der Waals surface area contributed by atoms with Gasteiger partial charge in [0.15, 0.2) is 0 Å².